The van der Waals surface area contributed by atoms with Gasteiger partial charge in [0.1, 0.15) is 17.6 Å². The molecule has 0 N–H and O–H groups in total. The summed E-state index contributed by atoms with van der Waals surface area (Å²) < 4.78 is 52.3. The molecule has 0 amide bonds. The quantitative estimate of drug-likeness (QED) is 0.450. The van der Waals surface area contributed by atoms with Crippen LogP contribution in [0.4, 0.5) is 0 Å². The normalized spacial score (nSPS) is 25.8. The number of hydrogen-bond acceptors (Lipinski definition) is 6. The molecule has 0 saturated carbocycles. The number of terminal acetylenes is 1. The standard InChI is InChI=1S/C6H8O6S2/c1-2-3-13(7,8)12-6-4-11-14(9,10)5-6/h1,6H,3-5H2. The van der Waals surface area contributed by atoms with Crippen LogP contribution in [-0.2, 0) is 28.6 Å². The lowest BCUT2D eigenvalue weighted by Crippen LogP contribution is -2.23. The van der Waals surface area contributed by atoms with Gasteiger partial charge in [0, 0.05) is 0 Å². The molecule has 80 valence electrons. The van der Waals surface area contributed by atoms with Crippen molar-refractivity contribution in [1.29, 1.82) is 0 Å². The van der Waals surface area contributed by atoms with E-state index in [4.69, 9.17) is 6.42 Å². The van der Waals surface area contributed by atoms with Gasteiger partial charge in [0.25, 0.3) is 20.2 Å². The minimum Gasteiger partial charge on any atom is -0.267 e. The summed E-state index contributed by atoms with van der Waals surface area (Å²) in [7, 11) is -7.47. The Hall–Kier alpha value is -0.620. The average molecular weight is 240 g/mol. The van der Waals surface area contributed by atoms with Crippen molar-refractivity contribution in [3.8, 4) is 12.3 Å². The van der Waals surface area contributed by atoms with Crippen LogP contribution in [-0.4, -0.2) is 41.1 Å². The molecule has 1 atom stereocenters. The van der Waals surface area contributed by atoms with E-state index in [2.05, 4.69) is 8.37 Å². The Bertz CT molecular complexity index is 439. The SMILES string of the molecule is C#CCS(=O)(=O)OC1COS(=O)(=O)C1. The number of rotatable bonds is 3. The van der Waals surface area contributed by atoms with E-state index in [1.165, 1.54) is 0 Å². The maximum atomic E-state index is 11.0. The van der Waals surface area contributed by atoms with Crippen molar-refractivity contribution in [2.24, 2.45) is 0 Å². The minimum absolute atomic E-state index is 0.286. The highest BCUT2D eigenvalue weighted by Crippen LogP contribution is 2.13. The minimum atomic E-state index is -3.85. The largest absolute Gasteiger partial charge is 0.279 e. The Labute approximate surface area is 82.5 Å². The van der Waals surface area contributed by atoms with Crippen molar-refractivity contribution in [3.05, 3.63) is 0 Å². The van der Waals surface area contributed by atoms with Gasteiger partial charge in [-0.05, 0) is 0 Å². The molecule has 1 aliphatic rings. The summed E-state index contributed by atoms with van der Waals surface area (Å²) in [5, 5.41) is 0. The van der Waals surface area contributed by atoms with Gasteiger partial charge >= 0.3 is 0 Å². The van der Waals surface area contributed by atoms with E-state index >= 15 is 0 Å². The third-order valence-corrected chi connectivity index (χ3v) is 3.73. The number of hydrogen-bond donors (Lipinski definition) is 0. The van der Waals surface area contributed by atoms with Crippen molar-refractivity contribution < 1.29 is 25.2 Å². The molecule has 1 saturated heterocycles. The van der Waals surface area contributed by atoms with Crippen LogP contribution in [0.3, 0.4) is 0 Å². The highest BCUT2D eigenvalue weighted by molar-refractivity contribution is 7.87. The molecule has 1 fully saturated rings. The molecule has 0 aromatic heterocycles. The molecule has 0 radical (unpaired) electrons. The van der Waals surface area contributed by atoms with E-state index in [9.17, 15) is 16.8 Å². The third kappa shape index (κ3) is 3.26. The van der Waals surface area contributed by atoms with E-state index in [-0.39, 0.29) is 6.61 Å². The van der Waals surface area contributed by atoms with Crippen LogP contribution in [0, 0.1) is 12.3 Å². The van der Waals surface area contributed by atoms with E-state index in [0.29, 0.717) is 0 Å². The first-order valence-corrected chi connectivity index (χ1v) is 6.72. The van der Waals surface area contributed by atoms with Crippen LogP contribution in [0.1, 0.15) is 0 Å². The zero-order valence-corrected chi connectivity index (χ0v) is 8.68. The van der Waals surface area contributed by atoms with Gasteiger partial charge in [0.2, 0.25) is 0 Å². The first-order chi connectivity index (χ1) is 6.35. The Morgan fingerprint density at radius 1 is 1.57 bits per heavy atom. The molecule has 1 unspecified atom stereocenters. The second-order valence-corrected chi connectivity index (χ2v) is 5.91. The highest BCUT2D eigenvalue weighted by atomic mass is 32.2. The molecular formula is C6H8O6S2. The second-order valence-electron chi connectivity index (χ2n) is 2.63. The zero-order chi connectivity index (χ0) is 10.8. The topological polar surface area (TPSA) is 86.7 Å². The summed E-state index contributed by atoms with van der Waals surface area (Å²) in [5.41, 5.74) is 0. The zero-order valence-electron chi connectivity index (χ0n) is 7.04. The first-order valence-electron chi connectivity index (χ1n) is 3.56. The summed E-state index contributed by atoms with van der Waals surface area (Å²) in [5.74, 6) is 0.858. The van der Waals surface area contributed by atoms with E-state index in [0.717, 1.165) is 0 Å². The van der Waals surface area contributed by atoms with Gasteiger partial charge in [-0.3, -0.25) is 8.37 Å². The monoisotopic (exact) mass is 240 g/mol. The lowest BCUT2D eigenvalue weighted by molar-refractivity contribution is 0.186. The van der Waals surface area contributed by atoms with Gasteiger partial charge in [0.05, 0.1) is 6.61 Å². The molecule has 0 bridgehead atoms. The summed E-state index contributed by atoms with van der Waals surface area (Å²) >= 11 is 0. The fourth-order valence-corrected chi connectivity index (χ4v) is 2.87. The van der Waals surface area contributed by atoms with Crippen LogP contribution < -0.4 is 0 Å². The highest BCUT2D eigenvalue weighted by Gasteiger charge is 2.33. The fourth-order valence-electron chi connectivity index (χ4n) is 0.902. The van der Waals surface area contributed by atoms with Crippen molar-refractivity contribution in [2.45, 2.75) is 6.10 Å². The van der Waals surface area contributed by atoms with Crippen molar-refractivity contribution in [1.82, 2.24) is 0 Å². The van der Waals surface area contributed by atoms with Crippen LogP contribution in [0.2, 0.25) is 0 Å². The summed E-state index contributed by atoms with van der Waals surface area (Å²) in [6, 6.07) is 0. The van der Waals surface area contributed by atoms with Gasteiger partial charge in [0.15, 0.2) is 0 Å². The molecule has 0 aromatic rings. The molecule has 0 spiro atoms. The molecule has 1 aliphatic heterocycles. The van der Waals surface area contributed by atoms with Crippen LogP contribution >= 0.6 is 0 Å². The molecular weight excluding hydrogens is 232 g/mol. The maximum absolute atomic E-state index is 11.0. The van der Waals surface area contributed by atoms with Gasteiger partial charge in [-0.15, -0.1) is 6.42 Å². The Balaban J connectivity index is 2.61. The summed E-state index contributed by atoms with van der Waals surface area (Å²) in [6.07, 6.45) is 3.80. The van der Waals surface area contributed by atoms with E-state index in [1.54, 1.807) is 0 Å². The van der Waals surface area contributed by atoms with Gasteiger partial charge in [-0.2, -0.15) is 16.8 Å². The lowest BCUT2D eigenvalue weighted by Gasteiger charge is -2.05. The van der Waals surface area contributed by atoms with Crippen molar-refractivity contribution in [3.63, 3.8) is 0 Å². The van der Waals surface area contributed by atoms with Crippen LogP contribution in [0.15, 0.2) is 0 Å². The molecule has 0 aliphatic carbocycles. The molecule has 14 heavy (non-hydrogen) atoms. The van der Waals surface area contributed by atoms with Gasteiger partial charge < -0.3 is 0 Å². The van der Waals surface area contributed by atoms with Crippen LogP contribution in [0.5, 0.6) is 0 Å². The molecule has 6 nitrogen and oxygen atoms in total. The molecule has 0 aromatic carbocycles. The molecule has 1 heterocycles. The first kappa shape index (κ1) is 11.5. The Morgan fingerprint density at radius 2 is 2.21 bits per heavy atom. The smallest absolute Gasteiger partial charge is 0.267 e. The average Bonchev–Trinajstić information content (AvgIpc) is 2.28. The third-order valence-electron chi connectivity index (χ3n) is 1.37. The Morgan fingerprint density at radius 3 is 2.64 bits per heavy atom. The molecule has 1 rings (SSSR count). The summed E-state index contributed by atoms with van der Waals surface area (Å²) in [6.45, 7) is -0.286. The molecule has 8 heteroatoms. The Kier molecular flexibility index (Phi) is 3.16. The van der Waals surface area contributed by atoms with E-state index < -0.39 is 37.8 Å². The predicted octanol–water partition coefficient (Wildman–Crippen LogP) is -1.31. The van der Waals surface area contributed by atoms with Crippen molar-refractivity contribution in [2.75, 3.05) is 18.1 Å². The van der Waals surface area contributed by atoms with Crippen LogP contribution in [0.25, 0.3) is 0 Å². The van der Waals surface area contributed by atoms with Crippen molar-refractivity contribution >= 4 is 20.2 Å². The fraction of sp³-hybridized carbons (Fsp3) is 0.667. The lowest BCUT2D eigenvalue weighted by atomic mass is 10.5. The van der Waals surface area contributed by atoms with Gasteiger partial charge in [-0.1, -0.05) is 5.92 Å². The predicted molar refractivity (Wildman–Crippen MR) is 47.2 cm³/mol. The summed E-state index contributed by atoms with van der Waals surface area (Å²) in [4.78, 5) is 0. The van der Waals surface area contributed by atoms with E-state index in [1.807, 2.05) is 5.92 Å². The maximum Gasteiger partial charge on any atom is 0.279 e. The van der Waals surface area contributed by atoms with Gasteiger partial charge in [-0.25, -0.2) is 0 Å². The second kappa shape index (κ2) is 3.86.